The number of anilines is 1. The fourth-order valence-electron chi connectivity index (χ4n) is 1.16. The average Bonchev–Trinajstić information content (AvgIpc) is 2.30. The molecule has 7 heteroatoms. The highest BCUT2D eigenvalue weighted by atomic mass is 32.2. The molecule has 102 valence electrons. The van der Waals surface area contributed by atoms with E-state index < -0.39 is 15.8 Å². The van der Waals surface area contributed by atoms with E-state index in [4.69, 9.17) is 5.73 Å². The summed E-state index contributed by atoms with van der Waals surface area (Å²) in [6.45, 7) is 4.07. The molecule has 1 aromatic carbocycles. The number of thioether (sulfide) groups is 1. The summed E-state index contributed by atoms with van der Waals surface area (Å²) in [5, 5.41) is 0. The molecule has 0 saturated carbocycles. The van der Waals surface area contributed by atoms with E-state index in [2.05, 4.69) is 4.72 Å². The lowest BCUT2D eigenvalue weighted by Gasteiger charge is -2.22. The Hall–Kier alpha value is -0.790. The molecule has 0 aliphatic carbocycles. The van der Waals surface area contributed by atoms with Crippen molar-refractivity contribution < 1.29 is 12.8 Å². The number of nitrogens with two attached hydrogens (primary N) is 1. The summed E-state index contributed by atoms with van der Waals surface area (Å²) in [7, 11) is -3.79. The smallest absolute Gasteiger partial charge is 0.242 e. The Morgan fingerprint density at radius 3 is 2.61 bits per heavy atom. The SMILES string of the molecule is CSC(C)(C)CNS(=O)(=O)c1cc(F)ccc1N. The van der Waals surface area contributed by atoms with Crippen LogP contribution >= 0.6 is 11.8 Å². The summed E-state index contributed by atoms with van der Waals surface area (Å²) in [6.07, 6.45) is 1.89. The summed E-state index contributed by atoms with van der Waals surface area (Å²) in [5.74, 6) is -0.631. The lowest BCUT2D eigenvalue weighted by Crippen LogP contribution is -2.36. The number of nitrogen functional groups attached to an aromatic ring is 1. The Labute approximate surface area is 111 Å². The standard InChI is InChI=1S/C11H17FN2O2S2/c1-11(2,17-3)7-14-18(15,16)10-6-8(12)4-5-9(10)13/h4-6,14H,7,13H2,1-3H3. The minimum Gasteiger partial charge on any atom is -0.398 e. The molecule has 3 N–H and O–H groups in total. The van der Waals surface area contributed by atoms with Crippen LogP contribution < -0.4 is 10.5 Å². The summed E-state index contributed by atoms with van der Waals surface area (Å²) >= 11 is 1.54. The normalized spacial score (nSPS) is 12.7. The highest BCUT2D eigenvalue weighted by Crippen LogP contribution is 2.23. The molecule has 4 nitrogen and oxygen atoms in total. The number of hydrogen-bond donors (Lipinski definition) is 2. The molecule has 0 saturated heterocycles. The molecule has 0 spiro atoms. The first-order chi connectivity index (χ1) is 8.18. The van der Waals surface area contributed by atoms with Crippen molar-refractivity contribution in [1.82, 2.24) is 4.72 Å². The number of rotatable bonds is 5. The monoisotopic (exact) mass is 292 g/mol. The molecule has 0 unspecified atom stereocenters. The van der Waals surface area contributed by atoms with Crippen molar-refractivity contribution in [3.8, 4) is 0 Å². The van der Waals surface area contributed by atoms with Gasteiger partial charge < -0.3 is 5.73 Å². The van der Waals surface area contributed by atoms with Crippen LogP contribution in [0.2, 0.25) is 0 Å². The minimum absolute atomic E-state index is 0.0332. The summed E-state index contributed by atoms with van der Waals surface area (Å²) in [5.41, 5.74) is 5.59. The summed E-state index contributed by atoms with van der Waals surface area (Å²) in [4.78, 5) is -0.223. The zero-order chi connectivity index (χ0) is 14.0. The van der Waals surface area contributed by atoms with E-state index in [1.807, 2.05) is 20.1 Å². The molecule has 0 aliphatic rings. The molecule has 0 bridgehead atoms. The van der Waals surface area contributed by atoms with E-state index in [9.17, 15) is 12.8 Å². The van der Waals surface area contributed by atoms with E-state index in [1.54, 1.807) is 0 Å². The molecule has 0 amide bonds. The van der Waals surface area contributed by atoms with Gasteiger partial charge in [-0.1, -0.05) is 0 Å². The van der Waals surface area contributed by atoms with Crippen molar-refractivity contribution in [3.63, 3.8) is 0 Å². The first-order valence-corrected chi connectivity index (χ1v) is 7.98. The Bertz CT molecular complexity index is 530. The van der Waals surface area contributed by atoms with Gasteiger partial charge in [0, 0.05) is 11.3 Å². The third kappa shape index (κ3) is 3.86. The highest BCUT2D eigenvalue weighted by Gasteiger charge is 2.23. The molecule has 0 fully saturated rings. The molecule has 1 aromatic rings. The van der Waals surface area contributed by atoms with Crippen LogP contribution in [-0.2, 0) is 10.0 Å². The second-order valence-corrected chi connectivity index (χ2v) is 7.72. The van der Waals surface area contributed by atoms with E-state index in [0.29, 0.717) is 0 Å². The van der Waals surface area contributed by atoms with Gasteiger partial charge in [0.2, 0.25) is 10.0 Å². The second-order valence-electron chi connectivity index (χ2n) is 4.47. The molecular formula is C11H17FN2O2S2. The molecule has 0 aromatic heterocycles. The number of benzene rings is 1. The fraction of sp³-hybridized carbons (Fsp3) is 0.455. The first-order valence-electron chi connectivity index (χ1n) is 5.28. The van der Waals surface area contributed by atoms with Crippen LogP contribution in [0.4, 0.5) is 10.1 Å². The van der Waals surface area contributed by atoms with Crippen molar-refractivity contribution in [2.75, 3.05) is 18.5 Å². The maximum Gasteiger partial charge on any atom is 0.242 e. The second kappa shape index (κ2) is 5.46. The van der Waals surface area contributed by atoms with Crippen LogP contribution in [0.1, 0.15) is 13.8 Å². The zero-order valence-corrected chi connectivity index (χ0v) is 12.2. The van der Waals surface area contributed by atoms with Gasteiger partial charge >= 0.3 is 0 Å². The third-order valence-electron chi connectivity index (χ3n) is 2.51. The maximum absolute atomic E-state index is 13.1. The van der Waals surface area contributed by atoms with Gasteiger partial charge in [-0.2, -0.15) is 11.8 Å². The number of hydrogen-bond acceptors (Lipinski definition) is 4. The van der Waals surface area contributed by atoms with Crippen LogP contribution in [0.15, 0.2) is 23.1 Å². The molecule has 18 heavy (non-hydrogen) atoms. The Morgan fingerprint density at radius 1 is 1.44 bits per heavy atom. The van der Waals surface area contributed by atoms with Gasteiger partial charge in [0.25, 0.3) is 0 Å². The van der Waals surface area contributed by atoms with Gasteiger partial charge in [0.05, 0.1) is 5.69 Å². The zero-order valence-electron chi connectivity index (χ0n) is 10.5. The van der Waals surface area contributed by atoms with Gasteiger partial charge in [0.1, 0.15) is 10.7 Å². The van der Waals surface area contributed by atoms with Gasteiger partial charge in [-0.25, -0.2) is 17.5 Å². The molecule has 0 radical (unpaired) electrons. The Kier molecular flexibility index (Phi) is 4.63. The first kappa shape index (κ1) is 15.3. The summed E-state index contributed by atoms with van der Waals surface area (Å²) < 4.78 is 39.3. The predicted molar refractivity (Wildman–Crippen MR) is 73.6 cm³/mol. The number of nitrogens with one attached hydrogen (secondary N) is 1. The molecule has 1 rings (SSSR count). The van der Waals surface area contributed by atoms with Crippen molar-refractivity contribution in [2.45, 2.75) is 23.5 Å². The van der Waals surface area contributed by atoms with E-state index in [-0.39, 0.29) is 21.9 Å². The van der Waals surface area contributed by atoms with E-state index in [1.165, 1.54) is 17.8 Å². The minimum atomic E-state index is -3.79. The topological polar surface area (TPSA) is 72.2 Å². The lowest BCUT2D eigenvalue weighted by atomic mass is 10.2. The van der Waals surface area contributed by atoms with Crippen molar-refractivity contribution in [2.24, 2.45) is 0 Å². The number of halogens is 1. The average molecular weight is 292 g/mol. The van der Waals surface area contributed by atoms with E-state index in [0.717, 1.165) is 12.1 Å². The van der Waals surface area contributed by atoms with Crippen LogP contribution in [0.5, 0.6) is 0 Å². The maximum atomic E-state index is 13.1. The van der Waals surface area contributed by atoms with Crippen LogP contribution in [-0.4, -0.2) is 26.0 Å². The van der Waals surface area contributed by atoms with E-state index >= 15 is 0 Å². The van der Waals surface area contributed by atoms with Crippen molar-refractivity contribution >= 4 is 27.5 Å². The van der Waals surface area contributed by atoms with Crippen LogP contribution in [0, 0.1) is 5.82 Å². The lowest BCUT2D eigenvalue weighted by molar-refractivity contribution is 0.568. The quantitative estimate of drug-likeness (QED) is 0.812. The van der Waals surface area contributed by atoms with Gasteiger partial charge in [-0.05, 0) is 38.3 Å². The van der Waals surface area contributed by atoms with Gasteiger partial charge in [0.15, 0.2) is 0 Å². The number of sulfonamides is 1. The molecule has 0 aliphatic heterocycles. The molecular weight excluding hydrogens is 275 g/mol. The third-order valence-corrected chi connectivity index (χ3v) is 5.21. The molecule has 0 atom stereocenters. The Morgan fingerprint density at radius 2 is 2.06 bits per heavy atom. The highest BCUT2D eigenvalue weighted by molar-refractivity contribution is 8.00. The van der Waals surface area contributed by atoms with Crippen molar-refractivity contribution in [1.29, 1.82) is 0 Å². The van der Waals surface area contributed by atoms with Crippen LogP contribution in [0.25, 0.3) is 0 Å². The van der Waals surface area contributed by atoms with Crippen LogP contribution in [0.3, 0.4) is 0 Å². The fourth-order valence-corrected chi connectivity index (χ4v) is 2.82. The van der Waals surface area contributed by atoms with Gasteiger partial charge in [-0.15, -0.1) is 0 Å². The predicted octanol–water partition coefficient (Wildman–Crippen LogP) is 1.83. The van der Waals surface area contributed by atoms with Crippen molar-refractivity contribution in [3.05, 3.63) is 24.0 Å². The Balaban J connectivity index is 2.97. The largest absolute Gasteiger partial charge is 0.398 e. The summed E-state index contributed by atoms with van der Waals surface area (Å²) in [6, 6.07) is 3.29. The van der Waals surface area contributed by atoms with Gasteiger partial charge in [-0.3, -0.25) is 0 Å². The molecule has 0 heterocycles.